The molecule has 1 aromatic carbocycles. The molecule has 1 atom stereocenters. The molecule has 1 aromatic rings. The van der Waals surface area contributed by atoms with E-state index in [-0.39, 0.29) is 11.8 Å². The van der Waals surface area contributed by atoms with Crippen LogP contribution in [0.15, 0.2) is 24.3 Å². The monoisotopic (exact) mass is 261 g/mol. The third-order valence-electron chi connectivity index (χ3n) is 3.65. The van der Waals surface area contributed by atoms with Crippen molar-refractivity contribution in [2.45, 2.75) is 46.5 Å². The average molecular weight is 261 g/mol. The molecule has 0 amide bonds. The van der Waals surface area contributed by atoms with Gasteiger partial charge in [-0.3, -0.25) is 4.79 Å². The lowest BCUT2D eigenvalue weighted by Crippen LogP contribution is -2.23. The molecule has 0 heterocycles. The maximum Gasteiger partial charge on any atom is 0.135 e. The zero-order valence-corrected chi connectivity index (χ0v) is 12.6. The highest BCUT2D eigenvalue weighted by atomic mass is 16.1. The van der Waals surface area contributed by atoms with Crippen LogP contribution in [0.3, 0.4) is 0 Å². The lowest BCUT2D eigenvalue weighted by atomic mass is 9.87. The molecule has 0 bridgehead atoms. The Labute approximate surface area is 117 Å². The molecule has 0 aliphatic carbocycles. The Kier molecular flexibility index (Phi) is 6.23. The number of ketones is 1. The minimum atomic E-state index is 0.106. The molecule has 0 fully saturated rings. The average Bonchev–Trinajstić information content (AvgIpc) is 2.37. The van der Waals surface area contributed by atoms with Crippen LogP contribution in [-0.4, -0.2) is 12.3 Å². The van der Waals surface area contributed by atoms with Crippen LogP contribution < -0.4 is 5.73 Å². The van der Waals surface area contributed by atoms with E-state index in [2.05, 4.69) is 38.1 Å². The van der Waals surface area contributed by atoms with Crippen LogP contribution in [0, 0.1) is 11.8 Å². The molecule has 0 aromatic heterocycles. The zero-order chi connectivity index (χ0) is 14.4. The normalized spacial score (nSPS) is 13.0. The first-order chi connectivity index (χ1) is 8.95. The number of Topliss-reactive ketones (excluding diaryl/α,β-unsaturated/α-hetero) is 1. The summed E-state index contributed by atoms with van der Waals surface area (Å²) in [5.74, 6) is 1.19. The highest BCUT2D eigenvalue weighted by Gasteiger charge is 2.17. The molecule has 0 saturated carbocycles. The molecule has 2 heteroatoms. The number of hydrogen-bond acceptors (Lipinski definition) is 2. The van der Waals surface area contributed by atoms with Gasteiger partial charge in [0.15, 0.2) is 0 Å². The molecule has 1 rings (SSSR count). The number of benzene rings is 1. The van der Waals surface area contributed by atoms with Crippen molar-refractivity contribution in [3.05, 3.63) is 35.4 Å². The number of nitrogens with two attached hydrogens (primary N) is 1. The van der Waals surface area contributed by atoms with E-state index in [1.54, 1.807) is 0 Å². The van der Waals surface area contributed by atoms with Crippen molar-refractivity contribution in [1.29, 1.82) is 0 Å². The fourth-order valence-corrected chi connectivity index (χ4v) is 2.35. The third-order valence-corrected chi connectivity index (χ3v) is 3.65. The minimum absolute atomic E-state index is 0.106. The van der Waals surface area contributed by atoms with Crippen molar-refractivity contribution in [1.82, 2.24) is 0 Å². The molecular weight excluding hydrogens is 234 g/mol. The van der Waals surface area contributed by atoms with Gasteiger partial charge in [0, 0.05) is 12.3 Å². The molecule has 106 valence electrons. The lowest BCUT2D eigenvalue weighted by Gasteiger charge is -2.19. The first-order valence-electron chi connectivity index (χ1n) is 7.26. The van der Waals surface area contributed by atoms with Crippen LogP contribution >= 0.6 is 0 Å². The van der Waals surface area contributed by atoms with Crippen molar-refractivity contribution < 1.29 is 4.79 Å². The maximum absolute atomic E-state index is 11.9. The predicted octanol–water partition coefficient (Wildman–Crippen LogP) is 3.54. The van der Waals surface area contributed by atoms with Crippen LogP contribution in [0.1, 0.15) is 51.2 Å². The van der Waals surface area contributed by atoms with Gasteiger partial charge in [-0.15, -0.1) is 0 Å². The van der Waals surface area contributed by atoms with Gasteiger partial charge in [0.05, 0.1) is 0 Å². The summed E-state index contributed by atoms with van der Waals surface area (Å²) in [5.41, 5.74) is 8.55. The van der Waals surface area contributed by atoms with Crippen LogP contribution in [0.4, 0.5) is 0 Å². The summed E-state index contributed by atoms with van der Waals surface area (Å²) >= 11 is 0. The Morgan fingerprint density at radius 1 is 1.16 bits per heavy atom. The third kappa shape index (κ3) is 4.79. The lowest BCUT2D eigenvalue weighted by molar-refractivity contribution is -0.122. The van der Waals surface area contributed by atoms with Gasteiger partial charge in [0.1, 0.15) is 5.78 Å². The Morgan fingerprint density at radius 2 is 1.79 bits per heavy atom. The van der Waals surface area contributed by atoms with E-state index in [0.29, 0.717) is 24.7 Å². The second-order valence-corrected chi connectivity index (χ2v) is 5.98. The molecule has 0 aliphatic rings. The summed E-state index contributed by atoms with van der Waals surface area (Å²) in [4.78, 5) is 11.9. The van der Waals surface area contributed by atoms with E-state index in [1.807, 2.05) is 13.8 Å². The predicted molar refractivity (Wildman–Crippen MR) is 81.2 cm³/mol. The highest BCUT2D eigenvalue weighted by molar-refractivity contribution is 5.80. The molecular formula is C17H27NO. The van der Waals surface area contributed by atoms with Crippen molar-refractivity contribution in [2.75, 3.05) is 6.54 Å². The summed E-state index contributed by atoms with van der Waals surface area (Å²) in [7, 11) is 0. The van der Waals surface area contributed by atoms with E-state index in [0.717, 1.165) is 6.42 Å². The van der Waals surface area contributed by atoms with Gasteiger partial charge in [-0.05, 0) is 35.9 Å². The van der Waals surface area contributed by atoms with E-state index in [1.165, 1.54) is 11.1 Å². The van der Waals surface area contributed by atoms with Crippen LogP contribution in [0.25, 0.3) is 0 Å². The van der Waals surface area contributed by atoms with Crippen LogP contribution in [0.2, 0.25) is 0 Å². The van der Waals surface area contributed by atoms with Crippen LogP contribution in [0.5, 0.6) is 0 Å². The van der Waals surface area contributed by atoms with Crippen molar-refractivity contribution >= 4 is 5.78 Å². The maximum atomic E-state index is 11.9. The Balaban J connectivity index is 2.78. The minimum Gasteiger partial charge on any atom is -0.330 e. The summed E-state index contributed by atoms with van der Waals surface area (Å²) in [6.07, 6.45) is 1.50. The number of rotatable bonds is 7. The molecule has 0 unspecified atom stereocenters. The second kappa shape index (κ2) is 7.44. The smallest absolute Gasteiger partial charge is 0.135 e. The second-order valence-electron chi connectivity index (χ2n) is 5.98. The standard InChI is InChI=1S/C17H27NO/c1-12(2)16-8-6-5-7-15(16)9-14(11-18)10-17(19)13(3)4/h5-8,12-14H,9-11,18H2,1-4H3/t14-/m1/s1. The van der Waals surface area contributed by atoms with Gasteiger partial charge in [-0.2, -0.15) is 0 Å². The number of carbonyl (C=O) groups is 1. The largest absolute Gasteiger partial charge is 0.330 e. The van der Waals surface area contributed by atoms with Gasteiger partial charge < -0.3 is 5.73 Å². The Hall–Kier alpha value is -1.15. The molecule has 0 radical (unpaired) electrons. The van der Waals surface area contributed by atoms with Gasteiger partial charge in [0.25, 0.3) is 0 Å². The van der Waals surface area contributed by atoms with E-state index in [9.17, 15) is 4.79 Å². The van der Waals surface area contributed by atoms with E-state index in [4.69, 9.17) is 5.73 Å². The van der Waals surface area contributed by atoms with Crippen molar-refractivity contribution in [3.63, 3.8) is 0 Å². The van der Waals surface area contributed by atoms with Gasteiger partial charge >= 0.3 is 0 Å². The summed E-state index contributed by atoms with van der Waals surface area (Å²) in [6, 6.07) is 8.49. The highest BCUT2D eigenvalue weighted by Crippen LogP contribution is 2.23. The summed E-state index contributed by atoms with van der Waals surface area (Å²) < 4.78 is 0. The summed E-state index contributed by atoms with van der Waals surface area (Å²) in [5, 5.41) is 0. The molecule has 2 nitrogen and oxygen atoms in total. The molecule has 0 spiro atoms. The number of hydrogen-bond donors (Lipinski definition) is 1. The van der Waals surface area contributed by atoms with Crippen LogP contribution in [-0.2, 0) is 11.2 Å². The molecule has 0 saturated heterocycles. The molecule has 2 N–H and O–H groups in total. The molecule has 0 aliphatic heterocycles. The van der Waals surface area contributed by atoms with Gasteiger partial charge in [-0.25, -0.2) is 0 Å². The fourth-order valence-electron chi connectivity index (χ4n) is 2.35. The number of carbonyl (C=O) groups excluding carboxylic acids is 1. The Bertz CT molecular complexity index is 409. The van der Waals surface area contributed by atoms with Gasteiger partial charge in [-0.1, -0.05) is 52.0 Å². The zero-order valence-electron chi connectivity index (χ0n) is 12.6. The Morgan fingerprint density at radius 3 is 2.32 bits per heavy atom. The van der Waals surface area contributed by atoms with E-state index < -0.39 is 0 Å². The summed E-state index contributed by atoms with van der Waals surface area (Å²) in [6.45, 7) is 8.89. The topological polar surface area (TPSA) is 43.1 Å². The first kappa shape index (κ1) is 15.9. The van der Waals surface area contributed by atoms with Gasteiger partial charge in [0.2, 0.25) is 0 Å². The molecule has 19 heavy (non-hydrogen) atoms. The van der Waals surface area contributed by atoms with Crippen molar-refractivity contribution in [2.24, 2.45) is 17.6 Å². The quantitative estimate of drug-likeness (QED) is 0.815. The fraction of sp³-hybridized carbons (Fsp3) is 0.588. The van der Waals surface area contributed by atoms with Crippen molar-refractivity contribution in [3.8, 4) is 0 Å². The first-order valence-corrected chi connectivity index (χ1v) is 7.26. The SMILES string of the molecule is CC(C)C(=O)C[C@H](CN)Cc1ccccc1C(C)C. The van der Waals surface area contributed by atoms with E-state index >= 15 is 0 Å².